The van der Waals surface area contributed by atoms with Crippen LogP contribution in [0.5, 0.6) is 0 Å². The molecule has 0 aliphatic carbocycles. The molecule has 136 valence electrons. The van der Waals surface area contributed by atoms with Crippen LogP contribution in [0.4, 0.5) is 18.0 Å². The molecule has 6 nitrogen and oxygen atoms in total. The molecule has 4 amide bonds. The predicted molar refractivity (Wildman–Crippen MR) is 83.1 cm³/mol. The summed E-state index contributed by atoms with van der Waals surface area (Å²) in [7, 11) is 0. The number of rotatable bonds is 4. The molecule has 1 aliphatic rings. The highest BCUT2D eigenvalue weighted by Gasteiger charge is 2.50. The number of alkyl halides is 3. The Morgan fingerprint density at radius 3 is 2.52 bits per heavy atom. The normalized spacial score (nSPS) is 20.6. The van der Waals surface area contributed by atoms with Crippen LogP contribution in [-0.4, -0.2) is 42.0 Å². The highest BCUT2D eigenvalue weighted by Crippen LogP contribution is 2.34. The molecule has 0 spiro atoms. The summed E-state index contributed by atoms with van der Waals surface area (Å²) in [5.74, 6) is -1.93. The summed E-state index contributed by atoms with van der Waals surface area (Å²) in [6.45, 7) is -1.03. The third kappa shape index (κ3) is 4.16. The van der Waals surface area contributed by atoms with E-state index in [2.05, 4.69) is 5.32 Å². The summed E-state index contributed by atoms with van der Waals surface area (Å²) in [5, 5.41) is 4.42. The van der Waals surface area contributed by atoms with E-state index in [0.717, 1.165) is 0 Å². The number of hydrogen-bond acceptors (Lipinski definition) is 3. The van der Waals surface area contributed by atoms with E-state index < -0.39 is 42.7 Å². The van der Waals surface area contributed by atoms with Crippen molar-refractivity contribution in [2.24, 2.45) is 0 Å². The van der Waals surface area contributed by atoms with Crippen LogP contribution in [0.2, 0.25) is 10.0 Å². The van der Waals surface area contributed by atoms with Crippen molar-refractivity contribution in [1.82, 2.24) is 15.5 Å². The highest BCUT2D eigenvalue weighted by atomic mass is 35.5. The van der Waals surface area contributed by atoms with Gasteiger partial charge in [-0.3, -0.25) is 14.5 Å². The Hall–Kier alpha value is -2.00. The number of imide groups is 1. The molecule has 1 heterocycles. The minimum absolute atomic E-state index is 0.118. The summed E-state index contributed by atoms with van der Waals surface area (Å²) in [5.41, 5.74) is -1.32. The van der Waals surface area contributed by atoms with E-state index in [0.29, 0.717) is 9.92 Å². The fraction of sp³-hybridized carbons (Fsp3) is 0.357. The van der Waals surface area contributed by atoms with E-state index >= 15 is 0 Å². The zero-order valence-corrected chi connectivity index (χ0v) is 14.2. The number of hydrogen-bond donors (Lipinski definition) is 2. The third-order valence-electron chi connectivity index (χ3n) is 3.53. The number of nitrogens with zero attached hydrogens (tertiary/aromatic N) is 1. The Morgan fingerprint density at radius 1 is 1.32 bits per heavy atom. The molecule has 1 aromatic carbocycles. The molecule has 1 fully saturated rings. The summed E-state index contributed by atoms with van der Waals surface area (Å²) < 4.78 is 36.3. The zero-order valence-electron chi connectivity index (χ0n) is 12.7. The first-order chi connectivity index (χ1) is 11.4. The van der Waals surface area contributed by atoms with Crippen LogP contribution in [0.3, 0.4) is 0 Å². The van der Waals surface area contributed by atoms with Crippen LogP contribution < -0.4 is 10.6 Å². The van der Waals surface area contributed by atoms with E-state index in [1.807, 2.05) is 0 Å². The van der Waals surface area contributed by atoms with Crippen molar-refractivity contribution in [1.29, 1.82) is 0 Å². The lowest BCUT2D eigenvalue weighted by Crippen LogP contribution is -2.44. The Balaban J connectivity index is 2.17. The van der Waals surface area contributed by atoms with Crippen molar-refractivity contribution in [3.05, 3.63) is 33.8 Å². The van der Waals surface area contributed by atoms with Gasteiger partial charge in [0.25, 0.3) is 5.91 Å². The quantitative estimate of drug-likeness (QED) is 0.765. The molecule has 2 rings (SSSR count). The molecule has 1 aromatic rings. The van der Waals surface area contributed by atoms with Gasteiger partial charge in [-0.2, -0.15) is 13.2 Å². The van der Waals surface area contributed by atoms with Gasteiger partial charge in [0, 0.05) is 15.6 Å². The van der Waals surface area contributed by atoms with Crippen molar-refractivity contribution in [2.75, 3.05) is 13.1 Å². The average molecular weight is 398 g/mol. The van der Waals surface area contributed by atoms with Gasteiger partial charge in [-0.15, -0.1) is 0 Å². The smallest absolute Gasteiger partial charge is 0.345 e. The number of carbonyl (C=O) groups excluding carboxylic acids is 3. The minimum Gasteiger partial charge on any atom is -0.345 e. The highest BCUT2D eigenvalue weighted by molar-refractivity contribution is 6.35. The predicted octanol–water partition coefficient (Wildman–Crippen LogP) is 2.44. The van der Waals surface area contributed by atoms with Gasteiger partial charge >= 0.3 is 12.2 Å². The van der Waals surface area contributed by atoms with Crippen LogP contribution in [0, 0.1) is 0 Å². The van der Waals surface area contributed by atoms with Crippen LogP contribution >= 0.6 is 23.2 Å². The maximum absolute atomic E-state index is 12.6. The maximum Gasteiger partial charge on any atom is 0.405 e. The lowest BCUT2D eigenvalue weighted by molar-refractivity contribution is -0.141. The van der Waals surface area contributed by atoms with Gasteiger partial charge in [-0.25, -0.2) is 4.79 Å². The van der Waals surface area contributed by atoms with Crippen LogP contribution in [-0.2, 0) is 15.1 Å². The topological polar surface area (TPSA) is 78.5 Å². The van der Waals surface area contributed by atoms with Crippen LogP contribution in [0.1, 0.15) is 12.5 Å². The number of halogens is 5. The molecule has 0 radical (unpaired) electrons. The van der Waals surface area contributed by atoms with Crippen molar-refractivity contribution < 1.29 is 27.6 Å². The standard InChI is InChI=1S/C14H12Cl2F3N3O3/c1-13(8-3-2-7(15)4-9(8)16)11(24)22(12(25)21-13)5-10(23)20-6-14(17,18)19/h2-4H,5-6H2,1H3,(H,20,23)(H,21,25). The summed E-state index contributed by atoms with van der Waals surface area (Å²) in [4.78, 5) is 36.7. The fourth-order valence-corrected chi connectivity index (χ4v) is 2.91. The molecule has 0 aromatic heterocycles. The first-order valence-corrected chi connectivity index (χ1v) is 7.63. The second kappa shape index (κ2) is 6.72. The van der Waals surface area contributed by atoms with Gasteiger partial charge in [-0.05, 0) is 19.1 Å². The molecule has 0 saturated carbocycles. The summed E-state index contributed by atoms with van der Waals surface area (Å²) >= 11 is 11.8. The Morgan fingerprint density at radius 2 is 1.96 bits per heavy atom. The SMILES string of the molecule is CC1(c2ccc(Cl)cc2Cl)NC(=O)N(CC(=O)NCC(F)(F)F)C1=O. The van der Waals surface area contributed by atoms with Gasteiger partial charge in [-0.1, -0.05) is 29.3 Å². The van der Waals surface area contributed by atoms with Gasteiger partial charge in [0.05, 0.1) is 0 Å². The van der Waals surface area contributed by atoms with Crippen LogP contribution in [0.15, 0.2) is 18.2 Å². The average Bonchev–Trinajstić information content (AvgIpc) is 2.68. The number of nitrogens with one attached hydrogen (secondary N) is 2. The first-order valence-electron chi connectivity index (χ1n) is 6.87. The summed E-state index contributed by atoms with van der Waals surface area (Å²) in [6, 6.07) is 3.37. The minimum atomic E-state index is -4.60. The van der Waals surface area contributed by atoms with Gasteiger partial charge in [0.2, 0.25) is 5.91 Å². The summed E-state index contributed by atoms with van der Waals surface area (Å²) in [6.07, 6.45) is -4.60. The Bertz CT molecular complexity index is 742. The van der Waals surface area contributed by atoms with E-state index in [-0.39, 0.29) is 10.6 Å². The molecule has 25 heavy (non-hydrogen) atoms. The second-order valence-electron chi connectivity index (χ2n) is 5.46. The molecule has 2 N–H and O–H groups in total. The van der Waals surface area contributed by atoms with Crippen molar-refractivity contribution in [3.8, 4) is 0 Å². The third-order valence-corrected chi connectivity index (χ3v) is 4.08. The molecular formula is C14H12Cl2F3N3O3. The van der Waals surface area contributed by atoms with Crippen molar-refractivity contribution in [2.45, 2.75) is 18.6 Å². The molecule has 1 unspecified atom stereocenters. The molecule has 1 saturated heterocycles. The lowest BCUT2D eigenvalue weighted by Gasteiger charge is -2.23. The second-order valence-corrected chi connectivity index (χ2v) is 6.31. The maximum atomic E-state index is 12.6. The fourth-order valence-electron chi connectivity index (χ4n) is 2.32. The molecule has 11 heteroatoms. The van der Waals surface area contributed by atoms with E-state index in [1.54, 1.807) is 5.32 Å². The monoisotopic (exact) mass is 397 g/mol. The number of benzene rings is 1. The van der Waals surface area contributed by atoms with Gasteiger partial charge < -0.3 is 10.6 Å². The number of amides is 4. The van der Waals surface area contributed by atoms with E-state index in [4.69, 9.17) is 23.2 Å². The molecule has 1 aliphatic heterocycles. The molecular weight excluding hydrogens is 386 g/mol. The van der Waals surface area contributed by atoms with Crippen molar-refractivity contribution >= 4 is 41.0 Å². The van der Waals surface area contributed by atoms with Gasteiger partial charge in [0.1, 0.15) is 18.6 Å². The van der Waals surface area contributed by atoms with E-state index in [1.165, 1.54) is 25.1 Å². The van der Waals surface area contributed by atoms with Crippen molar-refractivity contribution in [3.63, 3.8) is 0 Å². The zero-order chi connectivity index (χ0) is 19.0. The van der Waals surface area contributed by atoms with E-state index in [9.17, 15) is 27.6 Å². The lowest BCUT2D eigenvalue weighted by atomic mass is 9.92. The Labute approximate surface area is 150 Å². The molecule has 0 bridgehead atoms. The van der Waals surface area contributed by atoms with Gasteiger partial charge in [0.15, 0.2) is 0 Å². The van der Waals surface area contributed by atoms with Crippen LogP contribution in [0.25, 0.3) is 0 Å². The largest absolute Gasteiger partial charge is 0.405 e. The Kier molecular flexibility index (Phi) is 5.19. The number of urea groups is 1. The molecule has 1 atom stereocenters. The number of carbonyl (C=O) groups is 3. The first kappa shape index (κ1) is 19.3.